The maximum absolute atomic E-state index is 12.8. The summed E-state index contributed by atoms with van der Waals surface area (Å²) in [5.74, 6) is -0.453. The Morgan fingerprint density at radius 2 is 1.31 bits per heavy atom. The average Bonchev–Trinajstić information content (AvgIpc) is 3.31. The number of carbonyl (C=O) groups excluding carboxylic acids is 2. The van der Waals surface area contributed by atoms with E-state index in [9.17, 15) is 22.8 Å². The molecule has 1 fully saturated rings. The first-order chi connectivity index (χ1) is 15.3. The summed E-state index contributed by atoms with van der Waals surface area (Å²) in [6.45, 7) is 1.98. The van der Waals surface area contributed by atoms with Crippen LogP contribution in [0, 0.1) is 0 Å². The molecule has 0 bridgehead atoms. The van der Waals surface area contributed by atoms with Crippen LogP contribution in [0.25, 0.3) is 0 Å². The maximum Gasteiger partial charge on any atom is 0.416 e. The summed E-state index contributed by atoms with van der Waals surface area (Å²) in [5, 5.41) is 4.16. The van der Waals surface area contributed by atoms with Crippen molar-refractivity contribution in [2.24, 2.45) is 0 Å². The number of rotatable bonds is 4. The highest BCUT2D eigenvalue weighted by Crippen LogP contribution is 2.29. The van der Waals surface area contributed by atoms with Gasteiger partial charge in [0.05, 0.1) is 12.1 Å². The molecule has 1 aliphatic heterocycles. The van der Waals surface area contributed by atoms with Gasteiger partial charge in [-0.25, -0.2) is 0 Å². The number of halogens is 3. The number of benzene rings is 2. The smallest absolute Gasteiger partial charge is 0.335 e. The molecular weight excluding hydrogens is 421 g/mol. The van der Waals surface area contributed by atoms with Gasteiger partial charge in [-0.1, -0.05) is 12.1 Å². The Labute approximate surface area is 182 Å². The summed E-state index contributed by atoms with van der Waals surface area (Å²) in [4.78, 5) is 28.6. The molecule has 0 saturated carbocycles. The molecule has 2 amide bonds. The monoisotopic (exact) mass is 442 g/mol. The van der Waals surface area contributed by atoms with Gasteiger partial charge < -0.3 is 9.80 Å². The van der Waals surface area contributed by atoms with E-state index < -0.39 is 11.7 Å². The largest absolute Gasteiger partial charge is 0.416 e. The van der Waals surface area contributed by atoms with Crippen LogP contribution in [0.4, 0.5) is 13.2 Å². The fraction of sp³-hybridized carbons (Fsp3) is 0.261. The third kappa shape index (κ3) is 4.82. The molecule has 0 atom stereocenters. The van der Waals surface area contributed by atoms with E-state index in [4.69, 9.17) is 0 Å². The topological polar surface area (TPSA) is 58.4 Å². The number of hydrogen-bond donors (Lipinski definition) is 0. The Balaban J connectivity index is 1.33. The van der Waals surface area contributed by atoms with E-state index in [-0.39, 0.29) is 17.4 Å². The van der Waals surface area contributed by atoms with Crippen molar-refractivity contribution in [3.05, 3.63) is 89.2 Å². The number of piperazine rings is 1. The average molecular weight is 442 g/mol. The molecule has 0 aliphatic carbocycles. The zero-order valence-corrected chi connectivity index (χ0v) is 17.1. The highest BCUT2D eigenvalue weighted by molar-refractivity contribution is 5.96. The lowest BCUT2D eigenvalue weighted by Crippen LogP contribution is -2.50. The Kier molecular flexibility index (Phi) is 5.98. The van der Waals surface area contributed by atoms with Crippen LogP contribution >= 0.6 is 0 Å². The molecule has 9 heteroatoms. The van der Waals surface area contributed by atoms with E-state index in [1.165, 1.54) is 12.1 Å². The van der Waals surface area contributed by atoms with Gasteiger partial charge in [0.2, 0.25) is 0 Å². The molecule has 2 heterocycles. The van der Waals surface area contributed by atoms with E-state index in [0.717, 1.165) is 17.7 Å². The Hall–Kier alpha value is -3.62. The Morgan fingerprint density at radius 1 is 0.812 bits per heavy atom. The molecule has 1 aromatic heterocycles. The molecule has 1 aliphatic rings. The number of nitrogens with zero attached hydrogens (tertiary/aromatic N) is 4. The molecular formula is C23H21F3N4O2. The van der Waals surface area contributed by atoms with E-state index in [1.807, 2.05) is 24.4 Å². The first-order valence-electron chi connectivity index (χ1n) is 10.1. The van der Waals surface area contributed by atoms with Gasteiger partial charge in [0.15, 0.2) is 0 Å². The number of amides is 2. The van der Waals surface area contributed by atoms with Gasteiger partial charge in [0.1, 0.15) is 0 Å². The Morgan fingerprint density at radius 3 is 1.75 bits per heavy atom. The summed E-state index contributed by atoms with van der Waals surface area (Å²) in [7, 11) is 0. The molecule has 2 aromatic carbocycles. The van der Waals surface area contributed by atoms with Gasteiger partial charge in [-0.2, -0.15) is 18.3 Å². The normalized spacial score (nSPS) is 14.5. The van der Waals surface area contributed by atoms with Crippen molar-refractivity contribution in [2.45, 2.75) is 12.7 Å². The second-order valence-electron chi connectivity index (χ2n) is 7.56. The summed E-state index contributed by atoms with van der Waals surface area (Å²) < 4.78 is 39.9. The molecule has 166 valence electrons. The van der Waals surface area contributed by atoms with Crippen LogP contribution < -0.4 is 0 Å². The SMILES string of the molecule is O=C(c1ccc(Cn2cccn2)cc1)N1CCN(C(=O)c2ccc(C(F)(F)F)cc2)CC1. The van der Waals surface area contributed by atoms with Crippen molar-refractivity contribution in [2.75, 3.05) is 26.2 Å². The fourth-order valence-electron chi connectivity index (χ4n) is 3.61. The summed E-state index contributed by atoms with van der Waals surface area (Å²) in [6.07, 6.45) is -0.866. The lowest BCUT2D eigenvalue weighted by Gasteiger charge is -2.35. The number of alkyl halides is 3. The third-order valence-corrected chi connectivity index (χ3v) is 5.42. The van der Waals surface area contributed by atoms with Gasteiger partial charge >= 0.3 is 6.18 Å². The lowest BCUT2D eigenvalue weighted by atomic mass is 10.1. The van der Waals surface area contributed by atoms with Gasteiger partial charge in [-0.3, -0.25) is 14.3 Å². The second-order valence-corrected chi connectivity index (χ2v) is 7.56. The molecule has 4 rings (SSSR count). The van der Waals surface area contributed by atoms with Crippen molar-refractivity contribution < 1.29 is 22.8 Å². The van der Waals surface area contributed by atoms with Crippen LogP contribution in [0.15, 0.2) is 67.0 Å². The minimum atomic E-state index is -4.44. The standard InChI is InChI=1S/C23H21F3N4O2/c24-23(25,26)20-8-6-19(7-9-20)22(32)29-14-12-28(13-15-29)21(31)18-4-2-17(3-5-18)16-30-11-1-10-27-30/h1-11H,12-16H2. The maximum atomic E-state index is 12.8. The summed E-state index contributed by atoms with van der Waals surface area (Å²) in [5.41, 5.74) is 1.000. The van der Waals surface area contributed by atoms with Crippen molar-refractivity contribution in [3.8, 4) is 0 Å². The van der Waals surface area contributed by atoms with Gasteiger partial charge in [0, 0.05) is 49.7 Å². The number of carbonyl (C=O) groups is 2. The minimum absolute atomic E-state index is 0.114. The zero-order valence-electron chi connectivity index (χ0n) is 17.1. The van der Waals surface area contributed by atoms with Crippen molar-refractivity contribution in [1.29, 1.82) is 0 Å². The number of hydrogen-bond acceptors (Lipinski definition) is 3. The summed E-state index contributed by atoms with van der Waals surface area (Å²) >= 11 is 0. The predicted molar refractivity (Wildman–Crippen MR) is 111 cm³/mol. The fourth-order valence-corrected chi connectivity index (χ4v) is 3.61. The molecule has 0 N–H and O–H groups in total. The van der Waals surface area contributed by atoms with Crippen LogP contribution in [0.3, 0.4) is 0 Å². The van der Waals surface area contributed by atoms with Crippen molar-refractivity contribution >= 4 is 11.8 Å². The van der Waals surface area contributed by atoms with E-state index in [2.05, 4.69) is 5.10 Å². The van der Waals surface area contributed by atoms with Crippen LogP contribution in [-0.2, 0) is 12.7 Å². The molecule has 0 spiro atoms. The lowest BCUT2D eigenvalue weighted by molar-refractivity contribution is -0.137. The van der Waals surface area contributed by atoms with Gasteiger partial charge in [-0.05, 0) is 48.0 Å². The Bertz CT molecular complexity index is 1070. The molecule has 3 aromatic rings. The molecule has 1 saturated heterocycles. The quantitative estimate of drug-likeness (QED) is 0.621. The minimum Gasteiger partial charge on any atom is -0.335 e. The molecule has 32 heavy (non-hydrogen) atoms. The number of aromatic nitrogens is 2. The molecule has 0 unspecified atom stereocenters. The van der Waals surface area contributed by atoms with E-state index in [1.54, 1.807) is 32.8 Å². The van der Waals surface area contributed by atoms with Gasteiger partial charge in [0.25, 0.3) is 11.8 Å². The molecule has 0 radical (unpaired) electrons. The highest BCUT2D eigenvalue weighted by Gasteiger charge is 2.31. The van der Waals surface area contributed by atoms with Crippen LogP contribution in [0.2, 0.25) is 0 Å². The highest BCUT2D eigenvalue weighted by atomic mass is 19.4. The van der Waals surface area contributed by atoms with Crippen LogP contribution in [-0.4, -0.2) is 57.6 Å². The zero-order chi connectivity index (χ0) is 22.7. The van der Waals surface area contributed by atoms with Gasteiger partial charge in [-0.15, -0.1) is 0 Å². The first-order valence-corrected chi connectivity index (χ1v) is 10.1. The predicted octanol–water partition coefficient (Wildman–Crippen LogP) is 3.55. The van der Waals surface area contributed by atoms with Crippen molar-refractivity contribution in [1.82, 2.24) is 19.6 Å². The molecule has 6 nitrogen and oxygen atoms in total. The van der Waals surface area contributed by atoms with Crippen LogP contribution in [0.1, 0.15) is 31.8 Å². The second kappa shape index (κ2) is 8.86. The van der Waals surface area contributed by atoms with E-state index in [0.29, 0.717) is 38.3 Å². The van der Waals surface area contributed by atoms with Crippen LogP contribution in [0.5, 0.6) is 0 Å². The summed E-state index contributed by atoms with van der Waals surface area (Å²) in [6, 6.07) is 13.4. The first kappa shape index (κ1) is 21.6. The van der Waals surface area contributed by atoms with E-state index >= 15 is 0 Å². The third-order valence-electron chi connectivity index (χ3n) is 5.42. The van der Waals surface area contributed by atoms with Crippen molar-refractivity contribution in [3.63, 3.8) is 0 Å².